The quantitative estimate of drug-likeness (QED) is 0.633. The van der Waals surface area contributed by atoms with Crippen LogP contribution in [0.2, 0.25) is 5.02 Å². The van der Waals surface area contributed by atoms with Crippen molar-refractivity contribution in [3.05, 3.63) is 28.3 Å². The lowest BCUT2D eigenvalue weighted by Crippen LogP contribution is -2.25. The molecule has 0 heterocycles. The topological polar surface area (TPSA) is 60.4 Å². The molecule has 1 fully saturated rings. The molecule has 1 aliphatic carbocycles. The number of hydrogen-bond acceptors (Lipinski definition) is 4. The van der Waals surface area contributed by atoms with E-state index in [1.807, 2.05) is 0 Å². The van der Waals surface area contributed by atoms with Crippen molar-refractivity contribution in [2.24, 2.45) is 0 Å². The van der Waals surface area contributed by atoms with E-state index in [1.165, 1.54) is 19.1 Å². The fraction of sp³-hybridized carbons (Fsp3) is 0.417. The summed E-state index contributed by atoms with van der Waals surface area (Å²) in [4.78, 5) is 11.7. The Morgan fingerprint density at radius 2 is 2.00 bits per heavy atom. The van der Waals surface area contributed by atoms with Gasteiger partial charge in [0.05, 0.1) is 10.5 Å². The van der Waals surface area contributed by atoms with Crippen LogP contribution < -0.4 is 0 Å². The second kappa shape index (κ2) is 5.31. The molecule has 0 atom stereocenters. The second-order valence-corrected chi connectivity index (χ2v) is 7.42. The molecule has 7 heteroatoms. The molecule has 0 bridgehead atoms. The predicted octanol–water partition coefficient (Wildman–Crippen LogP) is 3.29. The lowest BCUT2D eigenvalue weighted by molar-refractivity contribution is 0.00898. The van der Waals surface area contributed by atoms with E-state index < -0.39 is 15.0 Å². The molecule has 4 nitrogen and oxygen atoms in total. The lowest BCUT2D eigenvalue weighted by atomic mass is 9.96. The summed E-state index contributed by atoms with van der Waals surface area (Å²) in [7, 11) is 1.37. The Bertz CT molecular complexity index is 621. The first kappa shape index (κ1) is 14.6. The van der Waals surface area contributed by atoms with E-state index >= 15 is 0 Å². The van der Waals surface area contributed by atoms with Crippen molar-refractivity contribution in [3.8, 4) is 0 Å². The second-order valence-electron chi connectivity index (χ2n) is 4.48. The molecule has 0 radical (unpaired) electrons. The predicted molar refractivity (Wildman–Crippen MR) is 72.3 cm³/mol. The summed E-state index contributed by atoms with van der Waals surface area (Å²) < 4.78 is 28.0. The Hall–Kier alpha value is -0.780. The van der Waals surface area contributed by atoms with Crippen molar-refractivity contribution in [3.63, 3.8) is 0 Å². The molecular formula is C12H12Cl2O4S. The molecule has 1 aromatic carbocycles. The smallest absolute Gasteiger partial charge is 0.338 e. The molecule has 0 aliphatic heterocycles. The number of rotatable bonds is 3. The van der Waals surface area contributed by atoms with Gasteiger partial charge in [0.25, 0.3) is 9.05 Å². The van der Waals surface area contributed by atoms with E-state index in [1.54, 1.807) is 0 Å². The van der Waals surface area contributed by atoms with Crippen molar-refractivity contribution in [1.29, 1.82) is 0 Å². The molecule has 1 saturated carbocycles. The van der Waals surface area contributed by atoms with Gasteiger partial charge in [0, 0.05) is 15.7 Å². The monoisotopic (exact) mass is 322 g/mol. The van der Waals surface area contributed by atoms with Crippen molar-refractivity contribution in [1.82, 2.24) is 0 Å². The third kappa shape index (κ3) is 3.22. The minimum atomic E-state index is -3.95. The van der Waals surface area contributed by atoms with Crippen molar-refractivity contribution >= 4 is 37.3 Å². The van der Waals surface area contributed by atoms with Crippen LogP contribution in [0.3, 0.4) is 0 Å². The highest BCUT2D eigenvalue weighted by molar-refractivity contribution is 8.13. The highest BCUT2D eigenvalue weighted by atomic mass is 35.7. The molecule has 0 N–H and O–H groups in total. The number of carbonyl (C=O) groups is 1. The van der Waals surface area contributed by atoms with Gasteiger partial charge in [-0.1, -0.05) is 11.6 Å². The maximum Gasteiger partial charge on any atom is 0.338 e. The maximum absolute atomic E-state index is 11.9. The van der Waals surface area contributed by atoms with Gasteiger partial charge in [-0.3, -0.25) is 0 Å². The Morgan fingerprint density at radius 1 is 1.37 bits per heavy atom. The molecule has 0 aromatic heterocycles. The summed E-state index contributed by atoms with van der Waals surface area (Å²) in [6, 6.07) is 2.59. The number of carbonyl (C=O) groups excluding carboxylic acids is 1. The van der Waals surface area contributed by atoms with Crippen molar-refractivity contribution in [2.75, 3.05) is 0 Å². The molecule has 1 aliphatic rings. The van der Waals surface area contributed by atoms with E-state index in [2.05, 4.69) is 0 Å². The van der Waals surface area contributed by atoms with Crippen LogP contribution in [0.5, 0.6) is 0 Å². The minimum Gasteiger partial charge on any atom is -0.459 e. The zero-order valence-corrected chi connectivity index (χ0v) is 12.5. The molecule has 0 unspecified atom stereocenters. The third-order valence-corrected chi connectivity index (χ3v) is 4.96. The van der Waals surface area contributed by atoms with Crippen LogP contribution in [0, 0.1) is 6.92 Å². The van der Waals surface area contributed by atoms with E-state index in [9.17, 15) is 13.2 Å². The van der Waals surface area contributed by atoms with Gasteiger partial charge in [-0.2, -0.15) is 0 Å². The van der Waals surface area contributed by atoms with Gasteiger partial charge in [0.2, 0.25) is 0 Å². The fourth-order valence-electron chi connectivity index (χ4n) is 1.73. The molecule has 0 saturated heterocycles. The minimum absolute atomic E-state index is 0.0800. The molecule has 2 rings (SSSR count). The zero-order chi connectivity index (χ0) is 14.2. The average molecular weight is 323 g/mol. The van der Waals surface area contributed by atoms with Gasteiger partial charge in [-0.25, -0.2) is 13.2 Å². The Balaban J connectivity index is 2.36. The summed E-state index contributed by atoms with van der Waals surface area (Å²) in [6.07, 6.45) is 2.63. The van der Waals surface area contributed by atoms with E-state index in [0.29, 0.717) is 5.56 Å². The SMILES string of the molecule is Cc1c(Cl)cc(C(=O)OC2CCC2)cc1S(=O)(=O)Cl. The van der Waals surface area contributed by atoms with Crippen molar-refractivity contribution < 1.29 is 17.9 Å². The van der Waals surface area contributed by atoms with Gasteiger partial charge in [0.1, 0.15) is 6.10 Å². The lowest BCUT2D eigenvalue weighted by Gasteiger charge is -2.25. The van der Waals surface area contributed by atoms with Gasteiger partial charge in [0.15, 0.2) is 0 Å². The van der Waals surface area contributed by atoms with Gasteiger partial charge >= 0.3 is 5.97 Å². The van der Waals surface area contributed by atoms with Crippen LogP contribution in [0.25, 0.3) is 0 Å². The normalized spacial score (nSPS) is 15.9. The third-order valence-electron chi connectivity index (χ3n) is 3.12. The molecular weight excluding hydrogens is 311 g/mol. The van der Waals surface area contributed by atoms with E-state index in [4.69, 9.17) is 27.0 Å². The summed E-state index contributed by atoms with van der Waals surface area (Å²) in [6.45, 7) is 1.53. The number of esters is 1. The highest BCUT2D eigenvalue weighted by Gasteiger charge is 2.25. The van der Waals surface area contributed by atoms with Crippen LogP contribution in [0.1, 0.15) is 35.2 Å². The summed E-state index contributed by atoms with van der Waals surface area (Å²) in [5, 5.41) is 0.169. The molecule has 19 heavy (non-hydrogen) atoms. The largest absolute Gasteiger partial charge is 0.459 e. The number of hydrogen-bond donors (Lipinski definition) is 0. The molecule has 1 aromatic rings. The van der Waals surface area contributed by atoms with E-state index in [-0.39, 0.29) is 21.6 Å². The first-order chi connectivity index (χ1) is 8.79. The average Bonchev–Trinajstić information content (AvgIpc) is 2.25. The van der Waals surface area contributed by atoms with Crippen LogP contribution in [0.4, 0.5) is 0 Å². The zero-order valence-electron chi connectivity index (χ0n) is 10.2. The molecule has 0 amide bonds. The first-order valence-corrected chi connectivity index (χ1v) is 8.43. The van der Waals surface area contributed by atoms with Crippen molar-refractivity contribution in [2.45, 2.75) is 37.2 Å². The number of benzene rings is 1. The molecule has 104 valence electrons. The van der Waals surface area contributed by atoms with Crippen LogP contribution >= 0.6 is 22.3 Å². The number of ether oxygens (including phenoxy) is 1. The maximum atomic E-state index is 11.9. The fourth-order valence-corrected chi connectivity index (χ4v) is 3.23. The summed E-state index contributed by atoms with van der Waals surface area (Å²) in [5.41, 5.74) is 0.415. The first-order valence-electron chi connectivity index (χ1n) is 5.75. The summed E-state index contributed by atoms with van der Waals surface area (Å²) >= 11 is 5.92. The van der Waals surface area contributed by atoms with Gasteiger partial charge in [-0.05, 0) is 43.9 Å². The van der Waals surface area contributed by atoms with Gasteiger partial charge in [-0.15, -0.1) is 0 Å². The highest BCUT2D eigenvalue weighted by Crippen LogP contribution is 2.29. The number of halogens is 2. The van der Waals surface area contributed by atoms with Crippen LogP contribution in [-0.4, -0.2) is 20.5 Å². The van der Waals surface area contributed by atoms with Crippen LogP contribution in [0.15, 0.2) is 17.0 Å². The standard InChI is InChI=1S/C12H12Cl2O4S/c1-7-10(13)5-8(6-11(7)19(14,16)17)12(15)18-9-3-2-4-9/h5-6,9H,2-4H2,1H3. The van der Waals surface area contributed by atoms with Crippen LogP contribution in [-0.2, 0) is 13.8 Å². The summed E-state index contributed by atoms with van der Waals surface area (Å²) in [5.74, 6) is -0.576. The Kier molecular flexibility index (Phi) is 4.08. The Labute approximate surface area is 121 Å². The Morgan fingerprint density at radius 3 is 2.47 bits per heavy atom. The molecule has 0 spiro atoms. The van der Waals surface area contributed by atoms with E-state index in [0.717, 1.165) is 19.3 Å². The van der Waals surface area contributed by atoms with Gasteiger partial charge < -0.3 is 4.74 Å².